The zero-order valence-electron chi connectivity index (χ0n) is 22.1. The zero-order chi connectivity index (χ0) is 26.5. The second-order valence-corrected chi connectivity index (χ2v) is 11.6. The highest BCUT2D eigenvalue weighted by Gasteiger charge is 2.54. The van der Waals surface area contributed by atoms with E-state index in [2.05, 4.69) is 80.3 Å². The van der Waals surface area contributed by atoms with E-state index in [1.54, 1.807) is 0 Å². The van der Waals surface area contributed by atoms with Crippen LogP contribution in [-0.2, 0) is 15.8 Å². The van der Waals surface area contributed by atoms with Gasteiger partial charge in [-0.25, -0.2) is 4.79 Å². The van der Waals surface area contributed by atoms with E-state index in [-0.39, 0.29) is 11.4 Å². The molecule has 0 aliphatic carbocycles. The molecule has 0 aromatic heterocycles. The molecule has 0 radical (unpaired) electrons. The number of benzene rings is 5. The van der Waals surface area contributed by atoms with Crippen molar-refractivity contribution in [1.29, 1.82) is 0 Å². The number of hydrogen-bond donors (Lipinski definition) is 0. The molecule has 4 heteroatoms. The van der Waals surface area contributed by atoms with Crippen molar-refractivity contribution in [3.05, 3.63) is 130 Å². The predicted octanol–water partition coefficient (Wildman–Crippen LogP) is 8.15. The molecule has 4 nitrogen and oxygen atoms in total. The van der Waals surface area contributed by atoms with Crippen molar-refractivity contribution in [2.75, 3.05) is 11.4 Å². The van der Waals surface area contributed by atoms with Crippen molar-refractivity contribution in [3.63, 3.8) is 0 Å². The number of anilines is 2. The molecule has 0 N–H and O–H groups in total. The Morgan fingerprint density at radius 3 is 2.46 bits per heavy atom. The molecule has 0 saturated heterocycles. The molecule has 3 heterocycles. The number of aryl methyl sites for hydroxylation is 1. The van der Waals surface area contributed by atoms with Gasteiger partial charge in [-0.3, -0.25) is 0 Å². The Morgan fingerprint density at radius 2 is 1.56 bits per heavy atom. The third-order valence-corrected chi connectivity index (χ3v) is 8.62. The van der Waals surface area contributed by atoms with Gasteiger partial charge in [-0.05, 0) is 48.2 Å². The van der Waals surface area contributed by atoms with E-state index in [1.807, 2.05) is 42.5 Å². The van der Waals surface area contributed by atoms with Crippen molar-refractivity contribution in [2.24, 2.45) is 0 Å². The maximum atomic E-state index is 13.3. The van der Waals surface area contributed by atoms with Crippen molar-refractivity contribution in [3.8, 4) is 11.5 Å². The minimum Gasteiger partial charge on any atom is -0.456 e. The number of hydrogen-bond acceptors (Lipinski definition) is 4. The van der Waals surface area contributed by atoms with Crippen LogP contribution in [-0.4, -0.2) is 12.5 Å². The first-order valence-corrected chi connectivity index (χ1v) is 13.4. The molecule has 0 saturated carbocycles. The van der Waals surface area contributed by atoms with Crippen molar-refractivity contribution < 1.29 is 14.3 Å². The number of ether oxygens (including phenoxy) is 2. The fourth-order valence-electron chi connectivity index (χ4n) is 6.78. The van der Waals surface area contributed by atoms with E-state index in [0.29, 0.717) is 11.3 Å². The van der Waals surface area contributed by atoms with E-state index in [9.17, 15) is 4.79 Å². The molecule has 3 aliphatic rings. The summed E-state index contributed by atoms with van der Waals surface area (Å²) in [5, 5.41) is 2.07. The van der Waals surface area contributed by atoms with Gasteiger partial charge < -0.3 is 14.4 Å². The summed E-state index contributed by atoms with van der Waals surface area (Å²) in [6, 6.07) is 33.1. The van der Waals surface area contributed by atoms with Gasteiger partial charge in [0.25, 0.3) is 0 Å². The van der Waals surface area contributed by atoms with Crippen molar-refractivity contribution in [2.45, 2.75) is 31.8 Å². The highest BCUT2D eigenvalue weighted by Crippen LogP contribution is 2.58. The van der Waals surface area contributed by atoms with E-state index in [1.165, 1.54) is 16.8 Å². The van der Waals surface area contributed by atoms with Crippen molar-refractivity contribution in [1.82, 2.24) is 0 Å². The molecular weight excluding hydrogens is 482 g/mol. The summed E-state index contributed by atoms with van der Waals surface area (Å²) in [6.45, 7) is 7.61. The van der Waals surface area contributed by atoms with Gasteiger partial charge >= 0.3 is 5.97 Å². The number of esters is 1. The number of nitrogens with zero attached hydrogens (tertiary/aromatic N) is 1. The molecule has 8 rings (SSSR count). The quantitative estimate of drug-likeness (QED) is 0.214. The van der Waals surface area contributed by atoms with Gasteiger partial charge in [0.2, 0.25) is 0 Å². The Bertz CT molecular complexity index is 1870. The summed E-state index contributed by atoms with van der Waals surface area (Å²) in [7, 11) is 0. The lowest BCUT2D eigenvalue weighted by Gasteiger charge is -2.37. The minimum absolute atomic E-state index is 0.0159. The largest absolute Gasteiger partial charge is 0.456 e. The zero-order valence-corrected chi connectivity index (χ0v) is 22.1. The Kier molecular flexibility index (Phi) is 4.32. The first kappa shape index (κ1) is 22.4. The smallest absolute Gasteiger partial charge is 0.340 e. The van der Waals surface area contributed by atoms with Crippen LogP contribution >= 0.6 is 0 Å². The molecular formula is C35H27NO3. The third-order valence-electron chi connectivity index (χ3n) is 8.62. The Hall–Kier alpha value is -4.57. The van der Waals surface area contributed by atoms with Gasteiger partial charge in [0, 0.05) is 51.5 Å². The van der Waals surface area contributed by atoms with Crippen LogP contribution in [0.2, 0.25) is 0 Å². The van der Waals surface area contributed by atoms with E-state index >= 15 is 0 Å². The molecule has 190 valence electrons. The van der Waals surface area contributed by atoms with Crippen LogP contribution < -0.4 is 9.64 Å². The van der Waals surface area contributed by atoms with Crippen LogP contribution in [0.3, 0.4) is 0 Å². The summed E-state index contributed by atoms with van der Waals surface area (Å²) >= 11 is 0. The molecule has 1 spiro atoms. The minimum atomic E-state index is -1.07. The molecule has 0 bridgehead atoms. The SMILES string of the molecule is Cc1ccc2c(c1)C(C)(C)CN2c1ccc2c(c1)Oc1c(ccc3ccccc13)C21OC(=O)c2ccccc21. The lowest BCUT2D eigenvalue weighted by molar-refractivity contribution is 0.0225. The van der Waals surface area contributed by atoms with Gasteiger partial charge in [-0.1, -0.05) is 80.1 Å². The summed E-state index contributed by atoms with van der Waals surface area (Å²) in [5.41, 5.74) is 6.99. The topological polar surface area (TPSA) is 38.8 Å². The Morgan fingerprint density at radius 1 is 0.769 bits per heavy atom. The first-order chi connectivity index (χ1) is 18.9. The van der Waals surface area contributed by atoms with E-state index in [4.69, 9.17) is 9.47 Å². The van der Waals surface area contributed by atoms with Crippen LogP contribution in [0.15, 0.2) is 97.1 Å². The molecule has 0 amide bonds. The Labute approximate surface area is 227 Å². The molecule has 1 unspecified atom stereocenters. The van der Waals surface area contributed by atoms with Crippen LogP contribution in [0.5, 0.6) is 11.5 Å². The monoisotopic (exact) mass is 509 g/mol. The second-order valence-electron chi connectivity index (χ2n) is 11.6. The lowest BCUT2D eigenvalue weighted by atomic mass is 9.77. The standard InChI is InChI=1S/C35H27NO3/c1-21-12-17-30-29(18-21)34(2,3)20-36(30)23-14-16-27-31(19-23)38-32-24-9-5-4-8-22(24)13-15-28(32)35(27)26-11-7-6-10-25(26)33(37)39-35/h4-19H,20H2,1-3H3. The number of carbonyl (C=O) groups is 1. The highest BCUT2D eigenvalue weighted by molar-refractivity contribution is 5.99. The first-order valence-electron chi connectivity index (χ1n) is 13.4. The van der Waals surface area contributed by atoms with Gasteiger partial charge in [0.1, 0.15) is 11.5 Å². The molecule has 39 heavy (non-hydrogen) atoms. The Balaban J connectivity index is 1.38. The fourth-order valence-corrected chi connectivity index (χ4v) is 6.78. The summed E-state index contributed by atoms with van der Waals surface area (Å²) in [5.74, 6) is 1.13. The van der Waals surface area contributed by atoms with Crippen LogP contribution in [0.1, 0.15) is 52.0 Å². The average molecular weight is 510 g/mol. The number of carbonyl (C=O) groups excluding carboxylic acids is 1. The average Bonchev–Trinajstić information content (AvgIpc) is 3.39. The van der Waals surface area contributed by atoms with Gasteiger partial charge in [0.15, 0.2) is 5.60 Å². The second kappa shape index (κ2) is 7.51. The van der Waals surface area contributed by atoms with Crippen molar-refractivity contribution >= 4 is 28.1 Å². The van der Waals surface area contributed by atoms with Gasteiger partial charge in [-0.2, -0.15) is 0 Å². The molecule has 1 atom stereocenters. The van der Waals surface area contributed by atoms with Crippen LogP contribution in [0.4, 0.5) is 11.4 Å². The van der Waals surface area contributed by atoms with Crippen LogP contribution in [0, 0.1) is 6.92 Å². The third kappa shape index (κ3) is 2.92. The van der Waals surface area contributed by atoms with Gasteiger partial charge in [-0.15, -0.1) is 0 Å². The summed E-state index contributed by atoms with van der Waals surface area (Å²) in [4.78, 5) is 15.6. The molecule has 0 fully saturated rings. The van der Waals surface area contributed by atoms with Crippen LogP contribution in [0.25, 0.3) is 10.8 Å². The predicted molar refractivity (Wildman–Crippen MR) is 153 cm³/mol. The normalized spacial score (nSPS) is 19.8. The number of rotatable bonds is 1. The van der Waals surface area contributed by atoms with E-state index < -0.39 is 5.60 Å². The molecule has 5 aromatic carbocycles. The van der Waals surface area contributed by atoms with E-state index in [0.717, 1.165) is 45.4 Å². The summed E-state index contributed by atoms with van der Waals surface area (Å²) < 4.78 is 13.2. The molecule has 5 aromatic rings. The fraction of sp³-hybridized carbons (Fsp3) is 0.171. The lowest BCUT2D eigenvalue weighted by Crippen LogP contribution is -2.33. The highest BCUT2D eigenvalue weighted by atomic mass is 16.6. The maximum absolute atomic E-state index is 13.3. The summed E-state index contributed by atoms with van der Waals surface area (Å²) in [6.07, 6.45) is 0. The van der Waals surface area contributed by atoms with Gasteiger partial charge in [0.05, 0.1) is 5.56 Å². The molecule has 3 aliphatic heterocycles. The number of fused-ring (bicyclic) bond motifs is 9. The maximum Gasteiger partial charge on any atom is 0.340 e.